The Kier molecular flexibility index (Phi) is 4.40. The predicted octanol–water partition coefficient (Wildman–Crippen LogP) is 0.890. The Bertz CT molecular complexity index is 269. The van der Waals surface area contributed by atoms with Crippen LogP contribution in [0.2, 0.25) is 0 Å². The van der Waals surface area contributed by atoms with Gasteiger partial charge in [0.2, 0.25) is 5.91 Å². The van der Waals surface area contributed by atoms with Gasteiger partial charge in [0.25, 0.3) is 0 Å². The van der Waals surface area contributed by atoms with Crippen molar-refractivity contribution in [3.05, 3.63) is 0 Å². The van der Waals surface area contributed by atoms with Crippen LogP contribution in [0.15, 0.2) is 0 Å². The molecule has 17 heavy (non-hydrogen) atoms. The van der Waals surface area contributed by atoms with Crippen LogP contribution in [0.5, 0.6) is 0 Å². The normalized spacial score (nSPS) is 38.0. The highest BCUT2D eigenvalue weighted by Crippen LogP contribution is 2.27. The number of hydrogen-bond acceptors (Lipinski definition) is 3. The Labute approximate surface area is 103 Å². The van der Waals surface area contributed by atoms with Crippen LogP contribution < -0.4 is 16.8 Å². The van der Waals surface area contributed by atoms with Crippen LogP contribution in [-0.2, 0) is 4.79 Å². The molecule has 2 aliphatic carbocycles. The second-order valence-corrected chi connectivity index (χ2v) is 5.75. The van der Waals surface area contributed by atoms with Crippen LogP contribution in [0.1, 0.15) is 51.4 Å². The highest BCUT2D eigenvalue weighted by atomic mass is 16.1. The molecule has 2 rings (SSSR count). The second-order valence-electron chi connectivity index (χ2n) is 5.75. The summed E-state index contributed by atoms with van der Waals surface area (Å²) >= 11 is 0. The van der Waals surface area contributed by atoms with Crippen molar-refractivity contribution in [2.24, 2.45) is 17.4 Å². The van der Waals surface area contributed by atoms with Gasteiger partial charge >= 0.3 is 0 Å². The first-order valence-electron chi connectivity index (χ1n) is 6.95. The summed E-state index contributed by atoms with van der Waals surface area (Å²) in [6.45, 7) is 0. The maximum absolute atomic E-state index is 11.9. The van der Waals surface area contributed by atoms with E-state index >= 15 is 0 Å². The molecule has 0 spiro atoms. The average molecular weight is 239 g/mol. The van der Waals surface area contributed by atoms with E-state index in [9.17, 15) is 4.79 Å². The van der Waals surface area contributed by atoms with Gasteiger partial charge in [-0.3, -0.25) is 4.79 Å². The Balaban J connectivity index is 1.73. The highest BCUT2D eigenvalue weighted by molar-refractivity contribution is 5.76. The molecule has 0 heterocycles. The number of amides is 1. The average Bonchev–Trinajstić information content (AvgIpc) is 2.64. The zero-order valence-electron chi connectivity index (χ0n) is 10.5. The predicted molar refractivity (Wildman–Crippen MR) is 68.3 cm³/mol. The van der Waals surface area contributed by atoms with E-state index in [2.05, 4.69) is 5.32 Å². The van der Waals surface area contributed by atoms with Gasteiger partial charge < -0.3 is 16.8 Å². The van der Waals surface area contributed by atoms with E-state index in [1.807, 2.05) is 0 Å². The van der Waals surface area contributed by atoms with Gasteiger partial charge in [0.05, 0.1) is 0 Å². The molecule has 0 aromatic rings. The van der Waals surface area contributed by atoms with Crippen molar-refractivity contribution >= 4 is 5.91 Å². The fraction of sp³-hybridized carbons (Fsp3) is 0.923. The first kappa shape index (κ1) is 12.8. The summed E-state index contributed by atoms with van der Waals surface area (Å²) < 4.78 is 0. The molecule has 2 fully saturated rings. The lowest BCUT2D eigenvalue weighted by atomic mass is 9.91. The molecule has 5 N–H and O–H groups in total. The van der Waals surface area contributed by atoms with Gasteiger partial charge in [-0.2, -0.15) is 0 Å². The molecule has 2 unspecified atom stereocenters. The van der Waals surface area contributed by atoms with Crippen molar-refractivity contribution < 1.29 is 4.79 Å². The molecule has 0 radical (unpaired) electrons. The first-order valence-corrected chi connectivity index (χ1v) is 6.95. The smallest absolute Gasteiger partial charge is 0.220 e. The Morgan fingerprint density at radius 2 is 1.88 bits per heavy atom. The molecule has 98 valence electrons. The van der Waals surface area contributed by atoms with Crippen molar-refractivity contribution in [3.63, 3.8) is 0 Å². The molecule has 0 bridgehead atoms. The fourth-order valence-electron chi connectivity index (χ4n) is 3.20. The van der Waals surface area contributed by atoms with Crippen LogP contribution in [0.25, 0.3) is 0 Å². The monoisotopic (exact) mass is 239 g/mol. The molecular weight excluding hydrogens is 214 g/mol. The maximum atomic E-state index is 11.9. The molecule has 0 saturated heterocycles. The lowest BCUT2D eigenvalue weighted by molar-refractivity contribution is -0.123. The Morgan fingerprint density at radius 3 is 2.53 bits per heavy atom. The molecular formula is C13H25N3O. The minimum Gasteiger partial charge on any atom is -0.353 e. The highest BCUT2D eigenvalue weighted by Gasteiger charge is 2.27. The molecule has 1 amide bonds. The summed E-state index contributed by atoms with van der Waals surface area (Å²) in [5, 5.41) is 3.12. The molecule has 0 aliphatic heterocycles. The van der Waals surface area contributed by atoms with E-state index in [0.29, 0.717) is 18.4 Å². The zero-order valence-corrected chi connectivity index (χ0v) is 10.5. The quantitative estimate of drug-likeness (QED) is 0.684. The molecule has 4 heteroatoms. The number of nitrogens with one attached hydrogen (secondary N) is 1. The van der Waals surface area contributed by atoms with Crippen LogP contribution in [0.4, 0.5) is 0 Å². The zero-order chi connectivity index (χ0) is 12.3. The van der Waals surface area contributed by atoms with Crippen molar-refractivity contribution in [2.45, 2.75) is 69.5 Å². The second kappa shape index (κ2) is 5.83. The van der Waals surface area contributed by atoms with Crippen LogP contribution >= 0.6 is 0 Å². The third-order valence-electron chi connectivity index (χ3n) is 4.25. The summed E-state index contributed by atoms with van der Waals surface area (Å²) in [7, 11) is 0. The minimum atomic E-state index is 0.173. The van der Waals surface area contributed by atoms with Gasteiger partial charge in [0, 0.05) is 24.5 Å². The fourth-order valence-corrected chi connectivity index (χ4v) is 3.20. The van der Waals surface area contributed by atoms with E-state index in [4.69, 9.17) is 11.5 Å². The third kappa shape index (κ3) is 3.68. The third-order valence-corrected chi connectivity index (χ3v) is 4.25. The lowest BCUT2D eigenvalue weighted by Crippen LogP contribution is -2.43. The van der Waals surface area contributed by atoms with Gasteiger partial charge in [-0.15, -0.1) is 0 Å². The van der Waals surface area contributed by atoms with E-state index in [1.54, 1.807) is 0 Å². The SMILES string of the molecule is NC1CCCC(NC(=O)C[C@@H]2CCC[C@H]2N)C1. The molecule has 4 nitrogen and oxygen atoms in total. The van der Waals surface area contributed by atoms with E-state index in [1.165, 1.54) is 6.42 Å². The summed E-state index contributed by atoms with van der Waals surface area (Å²) in [4.78, 5) is 11.9. The van der Waals surface area contributed by atoms with Crippen LogP contribution in [0, 0.1) is 5.92 Å². The summed E-state index contributed by atoms with van der Waals surface area (Å²) in [5.74, 6) is 0.568. The Hall–Kier alpha value is -0.610. The number of carbonyl (C=O) groups excluding carboxylic acids is 1. The van der Waals surface area contributed by atoms with Gasteiger partial charge in [0.1, 0.15) is 0 Å². The summed E-state index contributed by atoms with van der Waals surface area (Å²) in [6, 6.07) is 0.793. The van der Waals surface area contributed by atoms with Crippen molar-refractivity contribution in [2.75, 3.05) is 0 Å². The number of rotatable bonds is 3. The number of nitrogens with two attached hydrogens (primary N) is 2. The molecule has 2 aliphatic rings. The summed E-state index contributed by atoms with van der Waals surface area (Å²) in [5.41, 5.74) is 11.9. The number of hydrogen-bond donors (Lipinski definition) is 3. The molecule has 2 saturated carbocycles. The molecule has 4 atom stereocenters. The summed E-state index contributed by atoms with van der Waals surface area (Å²) in [6.07, 6.45) is 8.21. The van der Waals surface area contributed by atoms with Gasteiger partial charge in [-0.1, -0.05) is 6.42 Å². The first-order chi connectivity index (χ1) is 8.15. The molecule has 0 aromatic heterocycles. The van der Waals surface area contributed by atoms with Gasteiger partial charge in [0.15, 0.2) is 0 Å². The molecule has 0 aromatic carbocycles. The van der Waals surface area contributed by atoms with Crippen molar-refractivity contribution in [1.29, 1.82) is 0 Å². The van der Waals surface area contributed by atoms with E-state index in [0.717, 1.165) is 38.5 Å². The van der Waals surface area contributed by atoms with Gasteiger partial charge in [-0.25, -0.2) is 0 Å². The van der Waals surface area contributed by atoms with E-state index < -0.39 is 0 Å². The van der Waals surface area contributed by atoms with Crippen LogP contribution in [-0.4, -0.2) is 24.0 Å². The van der Waals surface area contributed by atoms with Gasteiger partial charge in [-0.05, 0) is 44.4 Å². The lowest BCUT2D eigenvalue weighted by Gasteiger charge is -2.28. The van der Waals surface area contributed by atoms with Crippen LogP contribution in [0.3, 0.4) is 0 Å². The topological polar surface area (TPSA) is 81.1 Å². The largest absolute Gasteiger partial charge is 0.353 e. The van der Waals surface area contributed by atoms with Crippen molar-refractivity contribution in [1.82, 2.24) is 5.32 Å². The Morgan fingerprint density at radius 1 is 1.12 bits per heavy atom. The minimum absolute atomic E-state index is 0.173. The standard InChI is InChI=1S/C13H25N3O/c14-10-4-2-5-11(8-10)16-13(17)7-9-3-1-6-12(9)15/h9-12H,1-8,14-15H2,(H,16,17)/t9-,10?,11?,12+/m0/s1. The maximum Gasteiger partial charge on any atom is 0.220 e. The van der Waals surface area contributed by atoms with E-state index in [-0.39, 0.29) is 18.0 Å². The van der Waals surface area contributed by atoms with Crippen molar-refractivity contribution in [3.8, 4) is 0 Å². The number of carbonyl (C=O) groups is 1.